The molecule has 1 aromatic rings. The molecule has 2 rings (SSSR count). The molecule has 1 aromatic carbocycles. The fraction of sp³-hybridized carbons (Fsp3) is 0.267. The van der Waals surface area contributed by atoms with E-state index in [9.17, 15) is 4.79 Å². The maximum atomic E-state index is 11.6. The van der Waals surface area contributed by atoms with Crippen LogP contribution < -0.4 is 0 Å². The zero-order chi connectivity index (χ0) is 12.3. The average molecular weight is 291 g/mol. The Morgan fingerprint density at radius 3 is 2.41 bits per heavy atom. The maximum absolute atomic E-state index is 11.6. The minimum atomic E-state index is 0.257. The summed E-state index contributed by atoms with van der Waals surface area (Å²) in [5.74, 6) is 0.547. The number of halogens is 1. The summed E-state index contributed by atoms with van der Waals surface area (Å²) in [7, 11) is 0. The molecule has 0 heterocycles. The average Bonchev–Trinajstić information content (AvgIpc) is 3.14. The van der Waals surface area contributed by atoms with Crippen molar-refractivity contribution >= 4 is 27.3 Å². The fourth-order valence-electron chi connectivity index (χ4n) is 1.70. The van der Waals surface area contributed by atoms with E-state index in [0.717, 1.165) is 28.5 Å². The first-order valence-corrected chi connectivity index (χ1v) is 6.61. The van der Waals surface area contributed by atoms with Gasteiger partial charge in [-0.05, 0) is 41.5 Å². The molecule has 0 radical (unpaired) electrons. The van der Waals surface area contributed by atoms with Crippen molar-refractivity contribution in [2.75, 3.05) is 0 Å². The Bertz CT molecular complexity index is 463. The molecule has 88 valence electrons. The quantitative estimate of drug-likeness (QED) is 0.595. The third kappa shape index (κ3) is 3.40. The first kappa shape index (κ1) is 12.3. The van der Waals surface area contributed by atoms with Crippen molar-refractivity contribution in [3.8, 4) is 0 Å². The number of allylic oxidation sites excluding steroid dienone is 4. The summed E-state index contributed by atoms with van der Waals surface area (Å²) in [5.41, 5.74) is 2.20. The van der Waals surface area contributed by atoms with Gasteiger partial charge in [-0.3, -0.25) is 4.79 Å². The minimum absolute atomic E-state index is 0.257. The maximum Gasteiger partial charge on any atom is 0.158 e. The highest BCUT2D eigenvalue weighted by atomic mass is 79.9. The van der Waals surface area contributed by atoms with E-state index < -0.39 is 0 Å². The van der Waals surface area contributed by atoms with Crippen LogP contribution in [0.1, 0.15) is 25.3 Å². The van der Waals surface area contributed by atoms with Gasteiger partial charge >= 0.3 is 0 Å². The third-order valence-electron chi connectivity index (χ3n) is 2.85. The number of hydrogen-bond donors (Lipinski definition) is 0. The molecule has 0 atom stereocenters. The van der Waals surface area contributed by atoms with Crippen LogP contribution in [0.15, 0.2) is 47.0 Å². The lowest BCUT2D eigenvalue weighted by molar-refractivity contribution is -0.115. The smallest absolute Gasteiger partial charge is 0.158 e. The summed E-state index contributed by atoms with van der Waals surface area (Å²) in [4.78, 5) is 11.6. The van der Waals surface area contributed by atoms with E-state index >= 15 is 0 Å². The monoisotopic (exact) mass is 290 g/mol. The van der Waals surface area contributed by atoms with Gasteiger partial charge in [0, 0.05) is 5.92 Å². The second-order valence-corrected chi connectivity index (χ2v) is 5.51. The largest absolute Gasteiger partial charge is 0.295 e. The van der Waals surface area contributed by atoms with Gasteiger partial charge in [0.05, 0.1) is 0 Å². The summed E-state index contributed by atoms with van der Waals surface area (Å²) in [6, 6.07) is 10.1. The second kappa shape index (κ2) is 5.46. The molecule has 0 saturated heterocycles. The molecule has 0 spiro atoms. The van der Waals surface area contributed by atoms with Crippen molar-refractivity contribution in [3.63, 3.8) is 0 Å². The van der Waals surface area contributed by atoms with Crippen molar-refractivity contribution < 1.29 is 4.79 Å². The van der Waals surface area contributed by atoms with E-state index in [-0.39, 0.29) is 5.78 Å². The Hall–Kier alpha value is -1.15. The molecule has 0 amide bonds. The van der Waals surface area contributed by atoms with Crippen LogP contribution in [-0.4, -0.2) is 5.78 Å². The van der Waals surface area contributed by atoms with Crippen LogP contribution in [0.4, 0.5) is 0 Å². The molecule has 1 aliphatic carbocycles. The van der Waals surface area contributed by atoms with Crippen molar-refractivity contribution in [3.05, 3.63) is 52.5 Å². The van der Waals surface area contributed by atoms with Crippen LogP contribution in [0.25, 0.3) is 5.57 Å². The van der Waals surface area contributed by atoms with Crippen LogP contribution in [0.3, 0.4) is 0 Å². The Morgan fingerprint density at radius 1 is 1.24 bits per heavy atom. The Kier molecular flexibility index (Phi) is 3.95. The van der Waals surface area contributed by atoms with Gasteiger partial charge in [0.1, 0.15) is 0 Å². The van der Waals surface area contributed by atoms with Crippen molar-refractivity contribution in [1.82, 2.24) is 0 Å². The molecule has 0 aliphatic heterocycles. The molecule has 1 fully saturated rings. The highest BCUT2D eigenvalue weighted by Crippen LogP contribution is 2.31. The van der Waals surface area contributed by atoms with Crippen molar-refractivity contribution in [1.29, 1.82) is 0 Å². The van der Waals surface area contributed by atoms with Gasteiger partial charge in [-0.15, -0.1) is 0 Å². The van der Waals surface area contributed by atoms with E-state index in [2.05, 4.69) is 15.9 Å². The summed E-state index contributed by atoms with van der Waals surface area (Å²) in [6.07, 6.45) is 5.74. The molecule has 0 unspecified atom stereocenters. The second-order valence-electron chi connectivity index (χ2n) is 4.32. The van der Waals surface area contributed by atoms with E-state index in [1.54, 1.807) is 6.08 Å². The highest BCUT2D eigenvalue weighted by Gasteiger charge is 2.27. The standard InChI is InChI=1S/C15H15BrO/c1-11(16)14(12-5-3-2-4-6-12)9-10-15(17)13-7-8-13/h2-6,9-10,13H,7-8H2,1H3/b10-9+,14-11+. The number of benzene rings is 1. The normalized spacial score (nSPS) is 17.1. The predicted octanol–water partition coefficient (Wildman–Crippen LogP) is 4.35. The van der Waals surface area contributed by atoms with Gasteiger partial charge in [-0.2, -0.15) is 0 Å². The van der Waals surface area contributed by atoms with Gasteiger partial charge in [-0.1, -0.05) is 52.3 Å². The van der Waals surface area contributed by atoms with E-state index in [1.807, 2.05) is 43.3 Å². The highest BCUT2D eigenvalue weighted by molar-refractivity contribution is 9.11. The molecule has 1 aliphatic rings. The SMILES string of the molecule is C/C(Br)=C(/C=C/C(=O)C1CC1)c1ccccc1. The number of hydrogen-bond acceptors (Lipinski definition) is 1. The zero-order valence-corrected chi connectivity index (χ0v) is 11.4. The van der Waals surface area contributed by atoms with Gasteiger partial charge < -0.3 is 0 Å². The fourth-order valence-corrected chi connectivity index (χ4v) is 2.06. The van der Waals surface area contributed by atoms with Crippen LogP contribution >= 0.6 is 15.9 Å². The number of carbonyl (C=O) groups excluding carboxylic acids is 1. The van der Waals surface area contributed by atoms with Gasteiger partial charge in [-0.25, -0.2) is 0 Å². The Labute approximate surface area is 110 Å². The topological polar surface area (TPSA) is 17.1 Å². The Morgan fingerprint density at radius 2 is 1.88 bits per heavy atom. The third-order valence-corrected chi connectivity index (χ3v) is 3.28. The summed E-state index contributed by atoms with van der Waals surface area (Å²) in [5, 5.41) is 0. The van der Waals surface area contributed by atoms with Crippen LogP contribution in [-0.2, 0) is 4.79 Å². The molecule has 1 nitrogen and oxygen atoms in total. The summed E-state index contributed by atoms with van der Waals surface area (Å²) in [6.45, 7) is 1.99. The van der Waals surface area contributed by atoms with Gasteiger partial charge in [0.25, 0.3) is 0 Å². The number of carbonyl (C=O) groups is 1. The van der Waals surface area contributed by atoms with Crippen LogP contribution in [0.5, 0.6) is 0 Å². The molecule has 17 heavy (non-hydrogen) atoms. The van der Waals surface area contributed by atoms with Gasteiger partial charge in [0.2, 0.25) is 0 Å². The molecule has 0 N–H and O–H groups in total. The molecule has 1 saturated carbocycles. The minimum Gasteiger partial charge on any atom is -0.295 e. The van der Waals surface area contributed by atoms with Crippen molar-refractivity contribution in [2.45, 2.75) is 19.8 Å². The first-order chi connectivity index (χ1) is 8.18. The number of rotatable bonds is 4. The van der Waals surface area contributed by atoms with E-state index in [1.165, 1.54) is 0 Å². The lowest BCUT2D eigenvalue weighted by atomic mass is 10.0. The summed E-state index contributed by atoms with van der Waals surface area (Å²) < 4.78 is 1.04. The lowest BCUT2D eigenvalue weighted by Gasteiger charge is -2.03. The van der Waals surface area contributed by atoms with Crippen molar-refractivity contribution in [2.24, 2.45) is 5.92 Å². The van der Waals surface area contributed by atoms with E-state index in [4.69, 9.17) is 0 Å². The molecule has 2 heteroatoms. The molecular weight excluding hydrogens is 276 g/mol. The molecular formula is C15H15BrO. The molecule has 0 bridgehead atoms. The predicted molar refractivity (Wildman–Crippen MR) is 74.8 cm³/mol. The Balaban J connectivity index is 2.20. The summed E-state index contributed by atoms with van der Waals surface area (Å²) >= 11 is 3.50. The lowest BCUT2D eigenvalue weighted by Crippen LogP contribution is -1.94. The van der Waals surface area contributed by atoms with E-state index in [0.29, 0.717) is 5.92 Å². The zero-order valence-electron chi connectivity index (χ0n) is 9.82. The van der Waals surface area contributed by atoms with Gasteiger partial charge in [0.15, 0.2) is 5.78 Å². The first-order valence-electron chi connectivity index (χ1n) is 5.82. The van der Waals surface area contributed by atoms with Crippen LogP contribution in [0.2, 0.25) is 0 Å². The number of ketones is 1. The van der Waals surface area contributed by atoms with Crippen LogP contribution in [0, 0.1) is 5.92 Å². The molecule has 0 aromatic heterocycles.